The fourth-order valence-electron chi connectivity index (χ4n) is 3.95. The predicted molar refractivity (Wildman–Crippen MR) is 116 cm³/mol. The van der Waals surface area contributed by atoms with Gasteiger partial charge in [-0.05, 0) is 24.3 Å². The van der Waals surface area contributed by atoms with Crippen LogP contribution >= 0.6 is 0 Å². The molecule has 0 N–H and O–H groups in total. The highest BCUT2D eigenvalue weighted by Gasteiger charge is 2.54. The molecule has 0 radical (unpaired) electrons. The summed E-state index contributed by atoms with van der Waals surface area (Å²) in [5.74, 6) is -2.70. The van der Waals surface area contributed by atoms with Crippen LogP contribution in [0, 0.1) is 11.3 Å². The molecule has 1 fully saturated rings. The van der Waals surface area contributed by atoms with Crippen LogP contribution in [0.15, 0.2) is 59.4 Å². The highest BCUT2D eigenvalue weighted by molar-refractivity contribution is 6.48. The SMILES string of the molecule is COc1ncccc1C1C(C(=O)C(C)(C)C)C(=O)C(=O)N1c1ccc(-c2ccon2)cc1. The predicted octanol–water partition coefficient (Wildman–Crippen LogP) is 3.63. The third-order valence-electron chi connectivity index (χ3n) is 5.52. The van der Waals surface area contributed by atoms with Gasteiger partial charge in [-0.2, -0.15) is 0 Å². The number of rotatable bonds is 5. The third-order valence-corrected chi connectivity index (χ3v) is 5.52. The lowest BCUT2D eigenvalue weighted by molar-refractivity contribution is -0.141. The summed E-state index contributed by atoms with van der Waals surface area (Å²) < 4.78 is 10.3. The van der Waals surface area contributed by atoms with E-state index in [4.69, 9.17) is 9.26 Å². The quantitative estimate of drug-likeness (QED) is 0.447. The van der Waals surface area contributed by atoms with Crippen molar-refractivity contribution in [3.63, 3.8) is 0 Å². The van der Waals surface area contributed by atoms with Crippen LogP contribution in [0.2, 0.25) is 0 Å². The van der Waals surface area contributed by atoms with Gasteiger partial charge >= 0.3 is 0 Å². The lowest BCUT2D eigenvalue weighted by Crippen LogP contribution is -2.36. The Morgan fingerprint density at radius 3 is 2.41 bits per heavy atom. The number of ketones is 2. The second-order valence-electron chi connectivity index (χ2n) is 8.61. The maximum Gasteiger partial charge on any atom is 0.295 e. The fourth-order valence-corrected chi connectivity index (χ4v) is 3.95. The lowest BCUT2D eigenvalue weighted by atomic mass is 9.77. The van der Waals surface area contributed by atoms with Gasteiger partial charge in [-0.15, -0.1) is 0 Å². The standard InChI is InChI=1S/C24H23N3O5/c1-24(2,3)21(29)18-19(16-6-5-12-25-22(16)31-4)27(23(30)20(18)28)15-9-7-14(8-10-15)17-11-13-32-26-17/h5-13,18-19H,1-4H3. The van der Waals surface area contributed by atoms with Gasteiger partial charge < -0.3 is 9.26 Å². The molecule has 0 bridgehead atoms. The van der Waals surface area contributed by atoms with E-state index in [0.29, 0.717) is 16.9 Å². The van der Waals surface area contributed by atoms with E-state index in [1.165, 1.54) is 18.3 Å². The molecule has 0 saturated carbocycles. The molecule has 8 heteroatoms. The largest absolute Gasteiger partial charge is 0.481 e. The third kappa shape index (κ3) is 3.57. The summed E-state index contributed by atoms with van der Waals surface area (Å²) >= 11 is 0. The first-order valence-electron chi connectivity index (χ1n) is 10.2. The van der Waals surface area contributed by atoms with E-state index in [1.54, 1.807) is 69.4 Å². The number of methoxy groups -OCH3 is 1. The van der Waals surface area contributed by atoms with Gasteiger partial charge in [0.1, 0.15) is 17.9 Å². The molecule has 1 amide bonds. The molecule has 32 heavy (non-hydrogen) atoms. The Morgan fingerprint density at radius 2 is 1.81 bits per heavy atom. The fraction of sp³-hybridized carbons (Fsp3) is 0.292. The second-order valence-corrected chi connectivity index (χ2v) is 8.61. The van der Waals surface area contributed by atoms with Gasteiger partial charge in [0.25, 0.3) is 5.91 Å². The van der Waals surface area contributed by atoms with Gasteiger partial charge in [0.2, 0.25) is 11.7 Å². The summed E-state index contributed by atoms with van der Waals surface area (Å²) in [6.45, 7) is 5.21. The topological polar surface area (TPSA) is 103 Å². The minimum atomic E-state index is -1.17. The molecule has 1 aromatic carbocycles. The molecule has 0 aliphatic carbocycles. The highest BCUT2D eigenvalue weighted by atomic mass is 16.5. The number of hydrogen-bond acceptors (Lipinski definition) is 7. The number of benzene rings is 1. The van der Waals surface area contributed by atoms with Crippen molar-refractivity contribution in [2.75, 3.05) is 12.0 Å². The van der Waals surface area contributed by atoms with E-state index >= 15 is 0 Å². The van der Waals surface area contributed by atoms with Crippen LogP contribution in [-0.2, 0) is 14.4 Å². The Balaban J connectivity index is 1.85. The summed E-state index contributed by atoms with van der Waals surface area (Å²) in [5, 5.41) is 3.91. The molecule has 3 aromatic rings. The minimum absolute atomic E-state index is 0.260. The molecule has 4 rings (SSSR count). The van der Waals surface area contributed by atoms with E-state index in [1.807, 2.05) is 0 Å². The smallest absolute Gasteiger partial charge is 0.295 e. The number of ether oxygens (including phenoxy) is 1. The van der Waals surface area contributed by atoms with E-state index < -0.39 is 29.1 Å². The van der Waals surface area contributed by atoms with E-state index in [0.717, 1.165) is 5.56 Å². The number of carbonyl (C=O) groups excluding carboxylic acids is 3. The van der Waals surface area contributed by atoms with Crippen molar-refractivity contribution in [3.8, 4) is 17.1 Å². The highest BCUT2D eigenvalue weighted by Crippen LogP contribution is 2.45. The molecule has 2 atom stereocenters. The molecule has 3 heterocycles. The Morgan fingerprint density at radius 1 is 1.09 bits per heavy atom. The Kier molecular flexibility index (Phi) is 5.38. The zero-order chi connectivity index (χ0) is 23.0. The number of Topliss-reactive ketones (excluding diaryl/α,β-unsaturated/α-hetero) is 2. The molecule has 1 aliphatic rings. The normalized spacial score (nSPS) is 18.8. The van der Waals surface area contributed by atoms with Crippen LogP contribution in [0.5, 0.6) is 5.88 Å². The van der Waals surface area contributed by atoms with Crippen LogP contribution < -0.4 is 9.64 Å². The summed E-state index contributed by atoms with van der Waals surface area (Å²) in [7, 11) is 1.46. The van der Waals surface area contributed by atoms with Crippen molar-refractivity contribution in [2.24, 2.45) is 11.3 Å². The second kappa shape index (κ2) is 8.03. The first-order chi connectivity index (χ1) is 15.2. The molecular weight excluding hydrogens is 410 g/mol. The molecule has 1 saturated heterocycles. The van der Waals surface area contributed by atoms with Gasteiger partial charge in [-0.1, -0.05) is 38.1 Å². The van der Waals surface area contributed by atoms with Crippen molar-refractivity contribution in [1.82, 2.24) is 10.1 Å². The molecule has 0 spiro atoms. The van der Waals surface area contributed by atoms with Gasteiger partial charge in [-0.3, -0.25) is 19.3 Å². The molecule has 164 valence electrons. The maximum atomic E-state index is 13.3. The Hall–Kier alpha value is -3.81. The van der Waals surface area contributed by atoms with Crippen LogP contribution in [0.3, 0.4) is 0 Å². The van der Waals surface area contributed by atoms with Crippen LogP contribution in [0.4, 0.5) is 5.69 Å². The summed E-state index contributed by atoms with van der Waals surface area (Å²) in [4.78, 5) is 45.2. The Labute approximate surface area is 185 Å². The molecule has 2 unspecified atom stereocenters. The zero-order valence-corrected chi connectivity index (χ0v) is 18.2. The van der Waals surface area contributed by atoms with Crippen LogP contribution in [-0.4, -0.2) is 34.7 Å². The van der Waals surface area contributed by atoms with Crippen molar-refractivity contribution in [3.05, 3.63) is 60.5 Å². The number of anilines is 1. The molecule has 8 nitrogen and oxygen atoms in total. The number of hydrogen-bond donors (Lipinski definition) is 0. The van der Waals surface area contributed by atoms with Gasteiger partial charge in [0.15, 0.2) is 5.78 Å². The van der Waals surface area contributed by atoms with Crippen molar-refractivity contribution < 1.29 is 23.6 Å². The molecular formula is C24H23N3O5. The van der Waals surface area contributed by atoms with E-state index in [2.05, 4.69) is 10.1 Å². The van der Waals surface area contributed by atoms with Crippen molar-refractivity contribution >= 4 is 23.2 Å². The van der Waals surface area contributed by atoms with Gasteiger partial charge in [-0.25, -0.2) is 4.98 Å². The zero-order valence-electron chi connectivity index (χ0n) is 18.2. The summed E-state index contributed by atoms with van der Waals surface area (Å²) in [5.41, 5.74) is 1.60. The van der Waals surface area contributed by atoms with Crippen LogP contribution in [0.1, 0.15) is 32.4 Å². The van der Waals surface area contributed by atoms with Gasteiger partial charge in [0.05, 0.1) is 13.2 Å². The van der Waals surface area contributed by atoms with E-state index in [-0.39, 0.29) is 11.7 Å². The lowest BCUT2D eigenvalue weighted by Gasteiger charge is -2.30. The number of amides is 1. The average molecular weight is 433 g/mol. The number of aromatic nitrogens is 2. The first kappa shape index (κ1) is 21.4. The van der Waals surface area contributed by atoms with E-state index in [9.17, 15) is 14.4 Å². The molecule has 2 aromatic heterocycles. The number of pyridine rings is 1. The monoisotopic (exact) mass is 433 g/mol. The summed E-state index contributed by atoms with van der Waals surface area (Å²) in [6.07, 6.45) is 3.03. The van der Waals surface area contributed by atoms with Crippen molar-refractivity contribution in [2.45, 2.75) is 26.8 Å². The summed E-state index contributed by atoms with van der Waals surface area (Å²) in [6, 6.07) is 11.3. The Bertz CT molecular complexity index is 1160. The minimum Gasteiger partial charge on any atom is -0.481 e. The average Bonchev–Trinajstić information content (AvgIpc) is 3.40. The first-order valence-corrected chi connectivity index (χ1v) is 10.2. The number of nitrogens with zero attached hydrogens (tertiary/aromatic N) is 3. The van der Waals surface area contributed by atoms with Crippen molar-refractivity contribution in [1.29, 1.82) is 0 Å². The maximum absolute atomic E-state index is 13.3. The number of carbonyl (C=O) groups is 3. The van der Waals surface area contributed by atoms with Gasteiger partial charge in [0, 0.05) is 34.5 Å². The van der Waals surface area contributed by atoms with Crippen LogP contribution in [0.25, 0.3) is 11.3 Å². The molecule has 1 aliphatic heterocycles.